The van der Waals surface area contributed by atoms with Crippen molar-refractivity contribution in [1.82, 2.24) is 0 Å². The Balaban J connectivity index is 2.65. The number of Topliss-reactive ketones (excluding diaryl/α,β-unsaturated/α-hetero) is 1. The number of hydrogen-bond donors (Lipinski definition) is 0. The first-order valence-electron chi connectivity index (χ1n) is 5.83. The van der Waals surface area contributed by atoms with Gasteiger partial charge in [-0.25, -0.2) is 0 Å². The first-order chi connectivity index (χ1) is 7.52. The number of ether oxygens (including phenoxy) is 1. The van der Waals surface area contributed by atoms with Crippen molar-refractivity contribution in [3.63, 3.8) is 0 Å². The van der Waals surface area contributed by atoms with Crippen LogP contribution in [0.3, 0.4) is 0 Å². The first-order valence-corrected chi connectivity index (χ1v) is 5.83. The molecule has 0 N–H and O–H groups in total. The fraction of sp³-hybridized carbons (Fsp3) is 0.500. The first kappa shape index (κ1) is 11.2. The minimum absolute atomic E-state index is 0.0215. The summed E-state index contributed by atoms with van der Waals surface area (Å²) in [4.78, 5) is 12.2. The zero-order chi connectivity index (χ0) is 11.9. The van der Waals surface area contributed by atoms with Crippen LogP contribution in [0.2, 0.25) is 0 Å². The van der Waals surface area contributed by atoms with E-state index in [-0.39, 0.29) is 11.7 Å². The Bertz CT molecular complexity index is 433. The third-order valence-electron chi connectivity index (χ3n) is 3.18. The molecule has 0 saturated heterocycles. The number of hydrogen-bond acceptors (Lipinski definition) is 2. The molecular weight excluding hydrogens is 200 g/mol. The second kappa shape index (κ2) is 3.93. The van der Waals surface area contributed by atoms with Crippen LogP contribution >= 0.6 is 0 Å². The molecule has 2 rings (SSSR count). The Morgan fingerprint density at radius 1 is 1.38 bits per heavy atom. The standard InChI is InChI=1S/C14H18O2/c1-8(2)11-6-5-9(3)14-12(11)13(15)10(4)7-16-14/h5-6,8,10H,7H2,1-4H3. The predicted octanol–water partition coefficient (Wildman–Crippen LogP) is 3.33. The Morgan fingerprint density at radius 3 is 2.69 bits per heavy atom. The lowest BCUT2D eigenvalue weighted by Gasteiger charge is -2.26. The van der Waals surface area contributed by atoms with Crippen LogP contribution in [0.1, 0.15) is 48.2 Å². The van der Waals surface area contributed by atoms with E-state index < -0.39 is 0 Å². The number of aryl methyl sites for hydroxylation is 1. The minimum atomic E-state index is -0.0215. The van der Waals surface area contributed by atoms with E-state index >= 15 is 0 Å². The molecule has 0 saturated carbocycles. The van der Waals surface area contributed by atoms with Crippen LogP contribution in [-0.2, 0) is 0 Å². The summed E-state index contributed by atoms with van der Waals surface area (Å²) in [6.07, 6.45) is 0. The summed E-state index contributed by atoms with van der Waals surface area (Å²) in [5, 5.41) is 0. The van der Waals surface area contributed by atoms with Gasteiger partial charge in [0.25, 0.3) is 0 Å². The number of benzene rings is 1. The molecule has 1 heterocycles. The van der Waals surface area contributed by atoms with E-state index in [4.69, 9.17) is 4.74 Å². The summed E-state index contributed by atoms with van der Waals surface area (Å²) in [5.41, 5.74) is 2.98. The van der Waals surface area contributed by atoms with Crippen LogP contribution in [0.15, 0.2) is 12.1 Å². The molecule has 0 spiro atoms. The van der Waals surface area contributed by atoms with Crippen LogP contribution in [0.4, 0.5) is 0 Å². The summed E-state index contributed by atoms with van der Waals surface area (Å²) in [7, 11) is 0. The number of ketones is 1. The van der Waals surface area contributed by atoms with Crippen molar-refractivity contribution in [2.75, 3.05) is 6.61 Å². The average molecular weight is 218 g/mol. The van der Waals surface area contributed by atoms with Gasteiger partial charge in [0.1, 0.15) is 5.75 Å². The quantitative estimate of drug-likeness (QED) is 0.722. The summed E-state index contributed by atoms with van der Waals surface area (Å²) >= 11 is 0. The van der Waals surface area contributed by atoms with Gasteiger partial charge in [0.05, 0.1) is 18.1 Å². The highest BCUT2D eigenvalue weighted by Gasteiger charge is 2.29. The van der Waals surface area contributed by atoms with Gasteiger partial charge in [-0.1, -0.05) is 32.9 Å². The summed E-state index contributed by atoms with van der Waals surface area (Å²) in [5.74, 6) is 1.36. The van der Waals surface area contributed by atoms with E-state index in [2.05, 4.69) is 19.9 Å². The van der Waals surface area contributed by atoms with Gasteiger partial charge < -0.3 is 4.74 Å². The number of carbonyl (C=O) groups excluding carboxylic acids is 1. The topological polar surface area (TPSA) is 26.3 Å². The molecule has 0 fully saturated rings. The zero-order valence-electron chi connectivity index (χ0n) is 10.3. The van der Waals surface area contributed by atoms with E-state index in [1.165, 1.54) is 0 Å². The lowest BCUT2D eigenvalue weighted by atomic mass is 9.87. The van der Waals surface area contributed by atoms with Crippen molar-refractivity contribution in [2.24, 2.45) is 5.92 Å². The molecule has 0 aromatic heterocycles. The van der Waals surface area contributed by atoms with Gasteiger partial charge in [-0.05, 0) is 24.0 Å². The van der Waals surface area contributed by atoms with E-state index in [1.807, 2.05) is 19.9 Å². The van der Waals surface area contributed by atoms with Gasteiger partial charge >= 0.3 is 0 Å². The molecule has 0 amide bonds. The number of rotatable bonds is 1. The maximum Gasteiger partial charge on any atom is 0.173 e. The van der Waals surface area contributed by atoms with Gasteiger partial charge in [-0.3, -0.25) is 4.79 Å². The van der Waals surface area contributed by atoms with Crippen LogP contribution in [-0.4, -0.2) is 12.4 Å². The third-order valence-corrected chi connectivity index (χ3v) is 3.18. The molecule has 0 bridgehead atoms. The minimum Gasteiger partial charge on any atom is -0.492 e. The fourth-order valence-corrected chi connectivity index (χ4v) is 2.15. The summed E-state index contributed by atoms with van der Waals surface area (Å²) < 4.78 is 5.71. The Hall–Kier alpha value is -1.31. The average Bonchev–Trinajstić information content (AvgIpc) is 2.23. The normalized spacial score (nSPS) is 19.6. The molecule has 1 aromatic carbocycles. The monoisotopic (exact) mass is 218 g/mol. The van der Waals surface area contributed by atoms with Gasteiger partial charge in [-0.15, -0.1) is 0 Å². The molecule has 0 aliphatic carbocycles. The lowest BCUT2D eigenvalue weighted by Crippen LogP contribution is -2.27. The Labute approximate surface area is 96.6 Å². The molecule has 1 atom stereocenters. The SMILES string of the molecule is Cc1ccc(C(C)C)c2c1OCC(C)C2=O. The summed E-state index contributed by atoms with van der Waals surface area (Å²) in [6.45, 7) is 8.65. The van der Waals surface area contributed by atoms with Crippen LogP contribution in [0.25, 0.3) is 0 Å². The van der Waals surface area contributed by atoms with Crippen LogP contribution in [0.5, 0.6) is 5.75 Å². The van der Waals surface area contributed by atoms with Crippen molar-refractivity contribution in [2.45, 2.75) is 33.6 Å². The Morgan fingerprint density at radius 2 is 2.06 bits per heavy atom. The van der Waals surface area contributed by atoms with Gasteiger partial charge in [0, 0.05) is 0 Å². The van der Waals surface area contributed by atoms with Gasteiger partial charge in [0.15, 0.2) is 5.78 Å². The molecule has 1 aromatic rings. The molecule has 1 unspecified atom stereocenters. The maximum atomic E-state index is 12.2. The highest BCUT2D eigenvalue weighted by atomic mass is 16.5. The third kappa shape index (κ3) is 1.62. The van der Waals surface area contributed by atoms with Crippen molar-refractivity contribution in [1.29, 1.82) is 0 Å². The molecule has 2 nitrogen and oxygen atoms in total. The molecule has 16 heavy (non-hydrogen) atoms. The largest absolute Gasteiger partial charge is 0.492 e. The molecule has 2 heteroatoms. The van der Waals surface area contributed by atoms with E-state index in [0.717, 1.165) is 22.4 Å². The second-order valence-corrected chi connectivity index (χ2v) is 4.91. The second-order valence-electron chi connectivity index (χ2n) is 4.91. The van der Waals surface area contributed by atoms with Gasteiger partial charge in [0.2, 0.25) is 0 Å². The number of fused-ring (bicyclic) bond motifs is 1. The molecule has 1 aliphatic rings. The molecule has 86 valence electrons. The fourth-order valence-electron chi connectivity index (χ4n) is 2.15. The van der Waals surface area contributed by atoms with Crippen molar-refractivity contribution >= 4 is 5.78 Å². The van der Waals surface area contributed by atoms with Crippen LogP contribution < -0.4 is 4.74 Å². The zero-order valence-corrected chi connectivity index (χ0v) is 10.3. The van der Waals surface area contributed by atoms with Crippen LogP contribution in [0, 0.1) is 12.8 Å². The van der Waals surface area contributed by atoms with Gasteiger partial charge in [-0.2, -0.15) is 0 Å². The van der Waals surface area contributed by atoms with E-state index in [1.54, 1.807) is 0 Å². The van der Waals surface area contributed by atoms with Crippen molar-refractivity contribution < 1.29 is 9.53 Å². The van der Waals surface area contributed by atoms with E-state index in [9.17, 15) is 4.79 Å². The maximum absolute atomic E-state index is 12.2. The highest BCUT2D eigenvalue weighted by molar-refractivity contribution is 6.03. The number of carbonyl (C=O) groups is 1. The summed E-state index contributed by atoms with van der Waals surface area (Å²) in [6, 6.07) is 4.09. The lowest BCUT2D eigenvalue weighted by molar-refractivity contribution is 0.0845. The Kier molecular flexibility index (Phi) is 2.75. The van der Waals surface area contributed by atoms with Crippen molar-refractivity contribution in [3.8, 4) is 5.75 Å². The van der Waals surface area contributed by atoms with Crippen molar-refractivity contribution in [3.05, 3.63) is 28.8 Å². The smallest absolute Gasteiger partial charge is 0.173 e. The molecular formula is C14H18O2. The predicted molar refractivity (Wildman–Crippen MR) is 64.3 cm³/mol. The van der Waals surface area contributed by atoms with E-state index in [0.29, 0.717) is 12.5 Å². The highest BCUT2D eigenvalue weighted by Crippen LogP contribution is 2.36. The molecule has 1 aliphatic heterocycles. The molecule has 0 radical (unpaired) electrons.